The molecule has 0 aliphatic rings. The first-order valence-corrected chi connectivity index (χ1v) is 8.41. The molecule has 1 N–H and O–H groups in total. The number of carbonyl (C=O) groups is 1. The van der Waals surface area contributed by atoms with E-state index in [0.29, 0.717) is 5.75 Å². The summed E-state index contributed by atoms with van der Waals surface area (Å²) < 4.78 is 11.0. The molecule has 1 amide bonds. The van der Waals surface area contributed by atoms with Crippen molar-refractivity contribution in [3.8, 4) is 11.5 Å². The van der Waals surface area contributed by atoms with Crippen molar-refractivity contribution in [2.24, 2.45) is 5.10 Å². The number of carbonyl (C=O) groups excluding carboxylic acids is 1. The third kappa shape index (κ3) is 7.08. The third-order valence-electron chi connectivity index (χ3n) is 3.41. The van der Waals surface area contributed by atoms with Gasteiger partial charge in [0.25, 0.3) is 5.91 Å². The number of nitrogens with one attached hydrogen (secondary N) is 1. The van der Waals surface area contributed by atoms with Crippen LogP contribution in [0, 0.1) is 6.92 Å². The zero-order valence-electron chi connectivity index (χ0n) is 14.7. The molecule has 0 atom stereocenters. The molecule has 132 valence electrons. The lowest BCUT2D eigenvalue weighted by Gasteiger charge is -2.06. The van der Waals surface area contributed by atoms with Crippen LogP contribution in [-0.2, 0) is 4.79 Å². The van der Waals surface area contributed by atoms with Gasteiger partial charge >= 0.3 is 0 Å². The minimum atomic E-state index is -0.308. The number of benzene rings is 2. The third-order valence-corrected chi connectivity index (χ3v) is 3.41. The summed E-state index contributed by atoms with van der Waals surface area (Å²) in [5.74, 6) is 1.19. The summed E-state index contributed by atoms with van der Waals surface area (Å²) in [7, 11) is 0. The normalized spacial score (nSPS) is 10.6. The van der Waals surface area contributed by atoms with E-state index in [9.17, 15) is 4.79 Å². The van der Waals surface area contributed by atoms with Crippen LogP contribution in [0.4, 0.5) is 0 Å². The molecule has 0 saturated heterocycles. The predicted molar refractivity (Wildman–Crippen MR) is 99.3 cm³/mol. The molecule has 0 radical (unpaired) electrons. The van der Waals surface area contributed by atoms with Gasteiger partial charge in [0.05, 0.1) is 12.8 Å². The van der Waals surface area contributed by atoms with Crippen LogP contribution in [0.1, 0.15) is 30.9 Å². The SMILES string of the molecule is CCCCOc1ccc(/C=N/NC(=O)COc2cccc(C)c2)cc1. The zero-order valence-corrected chi connectivity index (χ0v) is 14.7. The van der Waals surface area contributed by atoms with E-state index in [2.05, 4.69) is 17.5 Å². The van der Waals surface area contributed by atoms with Crippen LogP contribution in [0.25, 0.3) is 0 Å². The lowest BCUT2D eigenvalue weighted by molar-refractivity contribution is -0.123. The minimum absolute atomic E-state index is 0.0784. The fourth-order valence-electron chi connectivity index (χ4n) is 2.05. The van der Waals surface area contributed by atoms with Gasteiger partial charge in [-0.05, 0) is 60.9 Å². The maximum atomic E-state index is 11.7. The maximum absolute atomic E-state index is 11.7. The molecule has 0 fully saturated rings. The molecule has 0 heterocycles. The highest BCUT2D eigenvalue weighted by atomic mass is 16.5. The molecule has 0 unspecified atom stereocenters. The van der Waals surface area contributed by atoms with Gasteiger partial charge in [-0.15, -0.1) is 0 Å². The topological polar surface area (TPSA) is 59.9 Å². The highest BCUT2D eigenvalue weighted by Gasteiger charge is 2.01. The summed E-state index contributed by atoms with van der Waals surface area (Å²) in [5, 5.41) is 3.93. The second-order valence-electron chi connectivity index (χ2n) is 5.67. The largest absolute Gasteiger partial charge is 0.494 e. The number of aryl methyl sites for hydroxylation is 1. The summed E-state index contributed by atoms with van der Waals surface area (Å²) in [5.41, 5.74) is 4.41. The summed E-state index contributed by atoms with van der Waals surface area (Å²) in [4.78, 5) is 11.7. The first kappa shape index (κ1) is 18.5. The molecule has 5 nitrogen and oxygen atoms in total. The second kappa shape index (κ2) is 10.1. The summed E-state index contributed by atoms with van der Waals surface area (Å²) >= 11 is 0. The van der Waals surface area contributed by atoms with E-state index in [1.54, 1.807) is 6.21 Å². The fourth-order valence-corrected chi connectivity index (χ4v) is 2.05. The van der Waals surface area contributed by atoms with E-state index in [1.807, 2.05) is 55.5 Å². The smallest absolute Gasteiger partial charge is 0.277 e. The number of hydrazone groups is 1. The summed E-state index contributed by atoms with van der Waals surface area (Å²) in [6, 6.07) is 15.1. The van der Waals surface area contributed by atoms with Gasteiger partial charge in [-0.3, -0.25) is 4.79 Å². The standard InChI is InChI=1S/C20H24N2O3/c1-3-4-12-24-18-10-8-17(9-11-18)14-21-22-20(23)15-25-19-7-5-6-16(2)13-19/h5-11,13-14H,3-4,12,15H2,1-2H3,(H,22,23)/b21-14+. The van der Waals surface area contributed by atoms with E-state index < -0.39 is 0 Å². The van der Waals surface area contributed by atoms with Crippen LogP contribution in [0.15, 0.2) is 53.6 Å². The molecule has 2 aromatic carbocycles. The van der Waals surface area contributed by atoms with Crippen molar-refractivity contribution < 1.29 is 14.3 Å². The molecular weight excluding hydrogens is 316 g/mol. The van der Waals surface area contributed by atoms with Crippen LogP contribution in [0.5, 0.6) is 11.5 Å². The lowest BCUT2D eigenvalue weighted by Crippen LogP contribution is -2.24. The Morgan fingerprint density at radius 1 is 1.12 bits per heavy atom. The Hall–Kier alpha value is -2.82. The highest BCUT2D eigenvalue weighted by molar-refractivity contribution is 5.83. The molecule has 2 rings (SSSR count). The molecule has 0 bridgehead atoms. The molecule has 5 heteroatoms. The van der Waals surface area contributed by atoms with Gasteiger partial charge in [-0.25, -0.2) is 5.43 Å². The predicted octanol–water partition coefficient (Wildman–Crippen LogP) is 3.70. The molecular formula is C20H24N2O3. The van der Waals surface area contributed by atoms with Crippen LogP contribution in [-0.4, -0.2) is 25.3 Å². The van der Waals surface area contributed by atoms with E-state index in [1.165, 1.54) is 0 Å². The molecule has 2 aromatic rings. The van der Waals surface area contributed by atoms with Gasteiger partial charge < -0.3 is 9.47 Å². The van der Waals surface area contributed by atoms with Crippen molar-refractivity contribution in [2.45, 2.75) is 26.7 Å². The molecule has 0 spiro atoms. The average molecular weight is 340 g/mol. The first-order chi connectivity index (χ1) is 12.2. The second-order valence-corrected chi connectivity index (χ2v) is 5.67. The minimum Gasteiger partial charge on any atom is -0.494 e. The summed E-state index contributed by atoms with van der Waals surface area (Å²) in [6.45, 7) is 4.74. The number of hydrogen-bond acceptors (Lipinski definition) is 4. The number of hydrogen-bond donors (Lipinski definition) is 1. The van der Waals surface area contributed by atoms with Crippen LogP contribution < -0.4 is 14.9 Å². The molecule has 0 aliphatic carbocycles. The molecule has 0 aromatic heterocycles. The Morgan fingerprint density at radius 2 is 1.92 bits per heavy atom. The first-order valence-electron chi connectivity index (χ1n) is 8.41. The van der Waals surface area contributed by atoms with Gasteiger partial charge in [0.15, 0.2) is 6.61 Å². The van der Waals surface area contributed by atoms with Crippen molar-refractivity contribution in [3.63, 3.8) is 0 Å². The van der Waals surface area contributed by atoms with E-state index in [0.717, 1.165) is 36.3 Å². The van der Waals surface area contributed by atoms with Crippen molar-refractivity contribution >= 4 is 12.1 Å². The number of unbranched alkanes of at least 4 members (excludes halogenated alkanes) is 1. The van der Waals surface area contributed by atoms with E-state index >= 15 is 0 Å². The maximum Gasteiger partial charge on any atom is 0.277 e. The summed E-state index contributed by atoms with van der Waals surface area (Å²) in [6.07, 6.45) is 3.73. The Kier molecular flexibility index (Phi) is 7.50. The van der Waals surface area contributed by atoms with E-state index in [-0.39, 0.29) is 12.5 Å². The molecule has 25 heavy (non-hydrogen) atoms. The highest BCUT2D eigenvalue weighted by Crippen LogP contribution is 2.12. The van der Waals surface area contributed by atoms with Crippen LogP contribution in [0.3, 0.4) is 0 Å². The Morgan fingerprint density at radius 3 is 2.64 bits per heavy atom. The van der Waals surface area contributed by atoms with Gasteiger partial charge in [0, 0.05) is 0 Å². The van der Waals surface area contributed by atoms with Crippen LogP contribution in [0.2, 0.25) is 0 Å². The Balaban J connectivity index is 1.73. The monoisotopic (exact) mass is 340 g/mol. The number of nitrogens with zero attached hydrogens (tertiary/aromatic N) is 1. The van der Waals surface area contributed by atoms with Gasteiger partial charge in [0.2, 0.25) is 0 Å². The lowest BCUT2D eigenvalue weighted by atomic mass is 10.2. The fraction of sp³-hybridized carbons (Fsp3) is 0.300. The quantitative estimate of drug-likeness (QED) is 0.430. The van der Waals surface area contributed by atoms with Gasteiger partial charge in [-0.2, -0.15) is 5.10 Å². The van der Waals surface area contributed by atoms with Crippen molar-refractivity contribution in [3.05, 3.63) is 59.7 Å². The van der Waals surface area contributed by atoms with Crippen molar-refractivity contribution in [1.82, 2.24) is 5.43 Å². The molecule has 0 saturated carbocycles. The van der Waals surface area contributed by atoms with Crippen molar-refractivity contribution in [2.75, 3.05) is 13.2 Å². The van der Waals surface area contributed by atoms with E-state index in [4.69, 9.17) is 9.47 Å². The Bertz CT molecular complexity index is 696. The van der Waals surface area contributed by atoms with Crippen LogP contribution >= 0.6 is 0 Å². The number of ether oxygens (including phenoxy) is 2. The zero-order chi connectivity index (χ0) is 17.9. The van der Waals surface area contributed by atoms with Crippen molar-refractivity contribution in [1.29, 1.82) is 0 Å². The number of rotatable bonds is 9. The van der Waals surface area contributed by atoms with Gasteiger partial charge in [0.1, 0.15) is 11.5 Å². The van der Waals surface area contributed by atoms with Gasteiger partial charge in [-0.1, -0.05) is 25.5 Å². The average Bonchev–Trinajstić information content (AvgIpc) is 2.62. The Labute approximate surface area is 148 Å². The molecule has 0 aliphatic heterocycles. The number of amides is 1.